The van der Waals surface area contributed by atoms with Crippen LogP contribution < -0.4 is 9.80 Å². The number of rotatable bonds is 11. The van der Waals surface area contributed by atoms with Gasteiger partial charge in [-0.15, -0.1) is 0 Å². The van der Waals surface area contributed by atoms with Crippen molar-refractivity contribution in [1.82, 2.24) is 19.6 Å². The number of carboxylic acid groups (broad SMARTS) is 2. The van der Waals surface area contributed by atoms with Crippen LogP contribution in [0, 0.1) is 23.7 Å². The van der Waals surface area contributed by atoms with Crippen LogP contribution in [0.4, 0.5) is 100.0 Å². The van der Waals surface area contributed by atoms with Gasteiger partial charge in [-0.1, -0.05) is 6.07 Å². The fourth-order valence-electron chi connectivity index (χ4n) is 13.2. The first-order valence-corrected chi connectivity index (χ1v) is 26.8. The number of carbonyl (C=O) groups is 4. The van der Waals surface area contributed by atoms with Crippen LogP contribution in [0.15, 0.2) is 36.4 Å². The van der Waals surface area contributed by atoms with Crippen molar-refractivity contribution in [2.45, 2.75) is 138 Å². The lowest BCUT2D eigenvalue weighted by Gasteiger charge is -2.46. The summed E-state index contributed by atoms with van der Waals surface area (Å²) in [6.45, 7) is -2.37. The minimum atomic E-state index is -6.05. The molecule has 4 atom stereocenters. The van der Waals surface area contributed by atoms with Gasteiger partial charge in [0, 0.05) is 94.4 Å². The molecular formula is C52H58F18N6O8. The highest BCUT2D eigenvalue weighted by Gasteiger charge is 2.62. The van der Waals surface area contributed by atoms with Gasteiger partial charge in [-0.2, -0.15) is 79.0 Å². The number of benzene rings is 2. The Morgan fingerprint density at radius 3 is 1.56 bits per heavy atom. The van der Waals surface area contributed by atoms with Gasteiger partial charge in [-0.05, 0) is 124 Å². The van der Waals surface area contributed by atoms with Gasteiger partial charge in [0.2, 0.25) is 0 Å². The number of nitrogens with zero attached hydrogens (tertiary/aromatic N) is 6. The molecule has 8 rings (SSSR count). The molecule has 6 saturated heterocycles. The van der Waals surface area contributed by atoms with Crippen molar-refractivity contribution in [3.8, 4) is 0 Å². The molecule has 6 aliphatic heterocycles. The molecule has 2 amide bonds. The number of hydrogen-bond donors (Lipinski definition) is 2. The topological polar surface area (TPSA) is 147 Å². The van der Waals surface area contributed by atoms with Crippen molar-refractivity contribution in [2.75, 3.05) is 75.2 Å². The van der Waals surface area contributed by atoms with Gasteiger partial charge in [-0.3, -0.25) is 19.4 Å². The van der Waals surface area contributed by atoms with Gasteiger partial charge < -0.3 is 39.3 Å². The zero-order valence-corrected chi connectivity index (χ0v) is 44.3. The van der Waals surface area contributed by atoms with Crippen molar-refractivity contribution in [1.29, 1.82) is 0 Å². The summed E-state index contributed by atoms with van der Waals surface area (Å²) in [5.41, 5.74) is -4.05. The second-order valence-corrected chi connectivity index (χ2v) is 22.8. The fourth-order valence-corrected chi connectivity index (χ4v) is 13.2. The quantitative estimate of drug-likeness (QED) is 0.207. The summed E-state index contributed by atoms with van der Waals surface area (Å²) >= 11 is 0. The SMILES string of the molecule is O=C(O)[C@@H]1CC(C2CN(Cc3cc(N4CCC[C@H](C(=O)O)C4)cc(C(F)(F)F)c3)C3(CCN(C(=O)OC(C(F)(F)F)C(F)(F)F)CC3)C2)CN(c2cc(C(F)(F)F)ccc2CN2CCCC23CCN(C(=O)OC(C(F)(F)F)C(F)(F)F)CC3)C1. The van der Waals surface area contributed by atoms with E-state index in [0.29, 0.717) is 35.6 Å². The van der Waals surface area contributed by atoms with E-state index in [4.69, 9.17) is 0 Å². The zero-order valence-electron chi connectivity index (χ0n) is 44.3. The maximum atomic E-state index is 14.7. The molecule has 470 valence electrons. The number of hydrogen-bond acceptors (Lipinski definition) is 10. The maximum Gasteiger partial charge on any atom is 0.434 e. The Hall–Kier alpha value is -5.82. The van der Waals surface area contributed by atoms with E-state index < -0.39 is 132 Å². The lowest BCUT2D eigenvalue weighted by atomic mass is 9.75. The molecule has 6 fully saturated rings. The summed E-state index contributed by atoms with van der Waals surface area (Å²) in [6.07, 6.45) is -45.7. The lowest BCUT2D eigenvalue weighted by Crippen LogP contribution is -2.54. The summed E-state index contributed by atoms with van der Waals surface area (Å²) in [5, 5.41) is 20.4. The molecule has 2 unspecified atom stereocenters. The van der Waals surface area contributed by atoms with Crippen LogP contribution in [0.5, 0.6) is 0 Å². The van der Waals surface area contributed by atoms with Gasteiger partial charge >= 0.3 is 61.2 Å². The Labute approximate surface area is 467 Å². The third-order valence-corrected chi connectivity index (χ3v) is 17.5. The van der Waals surface area contributed by atoms with Crippen LogP contribution in [0.3, 0.4) is 0 Å². The Morgan fingerprint density at radius 2 is 1.05 bits per heavy atom. The third-order valence-electron chi connectivity index (χ3n) is 17.5. The highest BCUT2D eigenvalue weighted by atomic mass is 19.4. The monoisotopic (exact) mass is 1240 g/mol. The van der Waals surface area contributed by atoms with E-state index in [0.717, 1.165) is 24.3 Å². The van der Waals surface area contributed by atoms with Crippen molar-refractivity contribution in [2.24, 2.45) is 23.7 Å². The normalized spacial score (nSPS) is 24.2. The van der Waals surface area contributed by atoms with Gasteiger partial charge in [0.15, 0.2) is 0 Å². The molecule has 0 radical (unpaired) electrons. The lowest BCUT2D eigenvalue weighted by molar-refractivity contribution is -0.309. The molecule has 84 heavy (non-hydrogen) atoms. The molecule has 2 N–H and O–H groups in total. The molecule has 0 saturated carbocycles. The van der Waals surface area contributed by atoms with Crippen LogP contribution in [0.25, 0.3) is 0 Å². The molecule has 6 heterocycles. The number of likely N-dealkylation sites (tertiary alicyclic amines) is 4. The summed E-state index contributed by atoms with van der Waals surface area (Å²) in [5.74, 6) is -6.12. The van der Waals surface area contributed by atoms with Crippen LogP contribution in [0.2, 0.25) is 0 Å². The second kappa shape index (κ2) is 23.5. The molecule has 2 spiro atoms. The Bertz CT molecular complexity index is 2690. The first kappa shape index (κ1) is 64.2. The van der Waals surface area contributed by atoms with E-state index in [1.54, 1.807) is 4.90 Å². The molecule has 2 aromatic carbocycles. The Balaban J connectivity index is 1.09. The smallest absolute Gasteiger partial charge is 0.434 e. The maximum absolute atomic E-state index is 14.7. The van der Waals surface area contributed by atoms with Gasteiger partial charge in [0.25, 0.3) is 12.2 Å². The first-order chi connectivity index (χ1) is 38.8. The first-order valence-electron chi connectivity index (χ1n) is 26.8. The summed E-state index contributed by atoms with van der Waals surface area (Å²) in [4.78, 5) is 58.5. The van der Waals surface area contributed by atoms with Crippen molar-refractivity contribution >= 4 is 35.5 Å². The van der Waals surface area contributed by atoms with E-state index in [2.05, 4.69) is 9.47 Å². The van der Waals surface area contributed by atoms with E-state index in [1.165, 1.54) is 21.9 Å². The Morgan fingerprint density at radius 1 is 0.524 bits per heavy atom. The number of anilines is 2. The van der Waals surface area contributed by atoms with E-state index in [-0.39, 0.29) is 126 Å². The van der Waals surface area contributed by atoms with Crippen LogP contribution >= 0.6 is 0 Å². The average Bonchev–Trinajstić information content (AvgIpc) is 2.23. The van der Waals surface area contributed by atoms with Gasteiger partial charge in [-0.25, -0.2) is 9.59 Å². The standard InChI is InChI=1S/C52H58F18N6O8/c53-47(54,55)35-5-4-30(27-75-12-2-6-45(75)7-13-71(14-8-45)43(81)83-41(49(59,60)61)50(62,63)64)38(21-35)74-25-32(19-33(26-74)40(79)80)34-22-46(9-15-72(16-10-46)44(82)84-42(51(65,66)67)52(68,69)70)76(28-34)23-29-17-36(48(56,57)58)20-37(18-29)73-11-1-3-31(24-73)39(77)78/h4-5,17-18,20-21,31-34,41-42H,1-3,6-16,19,22-28H2,(H,77,78)(H,79,80)/t31-,32?,33+,34?/m0/s1. The summed E-state index contributed by atoms with van der Waals surface area (Å²) in [7, 11) is 0. The predicted octanol–water partition coefficient (Wildman–Crippen LogP) is 11.6. The number of carbonyl (C=O) groups excluding carboxylic acids is 2. The van der Waals surface area contributed by atoms with E-state index >= 15 is 0 Å². The number of halogens is 18. The van der Waals surface area contributed by atoms with Crippen molar-refractivity contribution < 1.29 is 118 Å². The molecular weight excluding hydrogens is 1180 g/mol. The Kier molecular flexibility index (Phi) is 17.9. The minimum Gasteiger partial charge on any atom is -0.481 e. The number of aliphatic carboxylic acids is 2. The van der Waals surface area contributed by atoms with Crippen molar-refractivity contribution in [3.05, 3.63) is 58.7 Å². The number of alkyl halides is 18. The second-order valence-electron chi connectivity index (χ2n) is 22.8. The molecule has 2 aromatic rings. The molecule has 32 heteroatoms. The molecule has 0 bridgehead atoms. The fraction of sp³-hybridized carbons (Fsp3) is 0.692. The number of amides is 2. The summed E-state index contributed by atoms with van der Waals surface area (Å²) < 4.78 is 256. The largest absolute Gasteiger partial charge is 0.481 e. The molecule has 0 aromatic heterocycles. The zero-order chi connectivity index (χ0) is 61.9. The van der Waals surface area contributed by atoms with Crippen LogP contribution in [-0.4, -0.2) is 167 Å². The average molecular weight is 1240 g/mol. The summed E-state index contributed by atoms with van der Waals surface area (Å²) in [6, 6.07) is 5.96. The van der Waals surface area contributed by atoms with Crippen LogP contribution in [0.1, 0.15) is 86.5 Å². The van der Waals surface area contributed by atoms with E-state index in [9.17, 15) is 108 Å². The van der Waals surface area contributed by atoms with Gasteiger partial charge in [0.1, 0.15) is 0 Å². The molecule has 6 aliphatic rings. The van der Waals surface area contributed by atoms with Gasteiger partial charge in [0.05, 0.1) is 23.0 Å². The van der Waals surface area contributed by atoms with Crippen LogP contribution in [-0.2, 0) is 44.5 Å². The highest BCUT2D eigenvalue weighted by Crippen LogP contribution is 2.50. The molecule has 14 nitrogen and oxygen atoms in total. The number of carboxylic acids is 2. The third kappa shape index (κ3) is 14.4. The predicted molar refractivity (Wildman–Crippen MR) is 257 cm³/mol. The van der Waals surface area contributed by atoms with E-state index in [1.807, 2.05) is 4.90 Å². The number of piperidine rings is 4. The minimum absolute atomic E-state index is 0.000583. The molecule has 0 aliphatic carbocycles. The van der Waals surface area contributed by atoms with Crippen molar-refractivity contribution in [3.63, 3.8) is 0 Å². The highest BCUT2D eigenvalue weighted by molar-refractivity contribution is 5.73. The number of ether oxygens (including phenoxy) is 2.